The maximum atomic E-state index is 4.52. The van der Waals surface area contributed by atoms with Crippen LogP contribution in [0.1, 0.15) is 36.9 Å². The van der Waals surface area contributed by atoms with Crippen molar-refractivity contribution in [2.75, 3.05) is 19.6 Å². The quantitative estimate of drug-likeness (QED) is 0.865. The summed E-state index contributed by atoms with van der Waals surface area (Å²) in [5.41, 5.74) is 2.94. The Morgan fingerprint density at radius 1 is 1.08 bits per heavy atom. The highest BCUT2D eigenvalue weighted by molar-refractivity contribution is 5.11. The molecule has 0 bridgehead atoms. The van der Waals surface area contributed by atoms with Gasteiger partial charge in [-0.05, 0) is 49.9 Å². The third-order valence-corrected chi connectivity index (χ3v) is 5.78. The molecule has 2 aromatic heterocycles. The molecule has 0 N–H and O–H groups in total. The summed E-state index contributed by atoms with van der Waals surface area (Å²) in [5, 5.41) is 4.52. The molecule has 5 heteroatoms. The van der Waals surface area contributed by atoms with Crippen LogP contribution in [0.3, 0.4) is 0 Å². The minimum atomic E-state index is 0.413. The molecule has 128 valence electrons. The van der Waals surface area contributed by atoms with E-state index in [0.29, 0.717) is 5.54 Å². The van der Waals surface area contributed by atoms with Gasteiger partial charge in [0.15, 0.2) is 0 Å². The number of rotatable bonds is 4. The van der Waals surface area contributed by atoms with E-state index in [-0.39, 0.29) is 0 Å². The molecule has 24 heavy (non-hydrogen) atoms. The molecule has 4 rings (SSSR count). The van der Waals surface area contributed by atoms with Crippen molar-refractivity contribution in [3.05, 3.63) is 48.0 Å². The van der Waals surface area contributed by atoms with Crippen LogP contribution in [0.4, 0.5) is 0 Å². The molecule has 0 saturated carbocycles. The van der Waals surface area contributed by atoms with E-state index in [9.17, 15) is 0 Å². The third kappa shape index (κ3) is 3.23. The zero-order valence-electron chi connectivity index (χ0n) is 14.6. The summed E-state index contributed by atoms with van der Waals surface area (Å²) in [6, 6.07) is 6.39. The maximum absolute atomic E-state index is 4.52. The van der Waals surface area contributed by atoms with Crippen LogP contribution in [0.5, 0.6) is 0 Å². The standard InChI is InChI=1S/C19H27N5/c1-22-11-5-18(21-22)16-23-12-7-19(8-13-23)6-3-10-24(19)15-17-4-2-9-20-14-17/h2,4-5,9,11,14H,3,6-8,10,12-13,15-16H2,1H3. The Morgan fingerprint density at radius 2 is 1.96 bits per heavy atom. The Bertz CT molecular complexity index is 657. The number of aromatic nitrogens is 3. The average Bonchev–Trinajstić information content (AvgIpc) is 3.18. The third-order valence-electron chi connectivity index (χ3n) is 5.78. The first-order chi connectivity index (χ1) is 11.7. The fraction of sp³-hybridized carbons (Fsp3) is 0.579. The minimum Gasteiger partial charge on any atom is -0.297 e. The van der Waals surface area contributed by atoms with Crippen molar-refractivity contribution in [2.24, 2.45) is 7.05 Å². The molecule has 2 aromatic rings. The van der Waals surface area contributed by atoms with Gasteiger partial charge in [0, 0.05) is 57.4 Å². The summed E-state index contributed by atoms with van der Waals surface area (Å²) in [6.45, 7) is 5.63. The summed E-state index contributed by atoms with van der Waals surface area (Å²) >= 11 is 0. The predicted octanol–water partition coefficient (Wildman–Crippen LogP) is 2.45. The molecule has 0 radical (unpaired) electrons. The lowest BCUT2D eigenvalue weighted by molar-refractivity contribution is 0.0444. The van der Waals surface area contributed by atoms with E-state index in [1.165, 1.54) is 56.6 Å². The van der Waals surface area contributed by atoms with E-state index in [4.69, 9.17) is 0 Å². The number of likely N-dealkylation sites (tertiary alicyclic amines) is 2. The first-order valence-electron chi connectivity index (χ1n) is 9.08. The van der Waals surface area contributed by atoms with E-state index in [2.05, 4.69) is 32.0 Å². The van der Waals surface area contributed by atoms with Crippen molar-refractivity contribution in [1.82, 2.24) is 24.6 Å². The Labute approximate surface area is 144 Å². The smallest absolute Gasteiger partial charge is 0.0764 e. The summed E-state index contributed by atoms with van der Waals surface area (Å²) in [6.07, 6.45) is 11.2. The molecule has 0 atom stereocenters. The average molecular weight is 325 g/mol. The molecular formula is C19H27N5. The van der Waals surface area contributed by atoms with Gasteiger partial charge in [-0.25, -0.2) is 0 Å². The Balaban J connectivity index is 1.37. The molecular weight excluding hydrogens is 298 g/mol. The zero-order chi connectivity index (χ0) is 16.4. The second-order valence-electron chi connectivity index (χ2n) is 7.37. The van der Waals surface area contributed by atoms with Crippen molar-refractivity contribution in [3.63, 3.8) is 0 Å². The van der Waals surface area contributed by atoms with Crippen molar-refractivity contribution >= 4 is 0 Å². The lowest BCUT2D eigenvalue weighted by Gasteiger charge is -2.45. The summed E-state index contributed by atoms with van der Waals surface area (Å²) in [4.78, 5) is 9.57. The van der Waals surface area contributed by atoms with Gasteiger partial charge in [0.05, 0.1) is 5.69 Å². The van der Waals surface area contributed by atoms with Crippen LogP contribution in [0.25, 0.3) is 0 Å². The second kappa shape index (κ2) is 6.65. The molecule has 2 aliphatic heterocycles. The monoisotopic (exact) mass is 325 g/mol. The Hall–Kier alpha value is -1.72. The van der Waals surface area contributed by atoms with Crippen LogP contribution in [0.15, 0.2) is 36.8 Å². The molecule has 0 unspecified atom stereocenters. The van der Waals surface area contributed by atoms with Gasteiger partial charge < -0.3 is 0 Å². The zero-order valence-corrected chi connectivity index (χ0v) is 14.6. The van der Waals surface area contributed by atoms with Crippen LogP contribution in [0, 0.1) is 0 Å². The van der Waals surface area contributed by atoms with Crippen LogP contribution >= 0.6 is 0 Å². The number of piperidine rings is 1. The number of aryl methyl sites for hydroxylation is 1. The number of hydrogen-bond acceptors (Lipinski definition) is 4. The lowest BCUT2D eigenvalue weighted by Crippen LogP contribution is -2.51. The van der Waals surface area contributed by atoms with Crippen LogP contribution in [0.2, 0.25) is 0 Å². The minimum absolute atomic E-state index is 0.413. The summed E-state index contributed by atoms with van der Waals surface area (Å²) in [5.74, 6) is 0. The highest BCUT2D eigenvalue weighted by Gasteiger charge is 2.42. The molecule has 5 nitrogen and oxygen atoms in total. The van der Waals surface area contributed by atoms with Crippen molar-refractivity contribution < 1.29 is 0 Å². The van der Waals surface area contributed by atoms with Crippen molar-refractivity contribution in [1.29, 1.82) is 0 Å². The van der Waals surface area contributed by atoms with E-state index in [1.807, 2.05) is 36.4 Å². The Morgan fingerprint density at radius 3 is 2.67 bits per heavy atom. The normalized spacial score (nSPS) is 21.5. The largest absolute Gasteiger partial charge is 0.297 e. The lowest BCUT2D eigenvalue weighted by atomic mass is 9.84. The van der Waals surface area contributed by atoms with E-state index < -0.39 is 0 Å². The summed E-state index contributed by atoms with van der Waals surface area (Å²) in [7, 11) is 1.99. The molecule has 2 fully saturated rings. The van der Waals surface area contributed by atoms with Crippen molar-refractivity contribution in [2.45, 2.75) is 44.3 Å². The second-order valence-corrected chi connectivity index (χ2v) is 7.37. The summed E-state index contributed by atoms with van der Waals surface area (Å²) < 4.78 is 1.90. The first kappa shape index (κ1) is 15.8. The first-order valence-corrected chi connectivity index (χ1v) is 9.08. The van der Waals surface area contributed by atoms with Gasteiger partial charge in [0.1, 0.15) is 0 Å². The molecule has 0 aliphatic carbocycles. The van der Waals surface area contributed by atoms with Gasteiger partial charge in [-0.1, -0.05) is 6.07 Å². The van der Waals surface area contributed by atoms with Crippen LogP contribution < -0.4 is 0 Å². The fourth-order valence-electron chi connectivity index (χ4n) is 4.42. The molecule has 1 spiro atoms. The maximum Gasteiger partial charge on any atom is 0.0764 e. The van der Waals surface area contributed by atoms with E-state index in [0.717, 1.165) is 13.1 Å². The molecule has 0 amide bonds. The fourth-order valence-corrected chi connectivity index (χ4v) is 4.42. The van der Waals surface area contributed by atoms with E-state index >= 15 is 0 Å². The van der Waals surface area contributed by atoms with Crippen molar-refractivity contribution in [3.8, 4) is 0 Å². The molecule has 4 heterocycles. The van der Waals surface area contributed by atoms with Crippen LogP contribution in [-0.4, -0.2) is 49.7 Å². The number of nitrogens with zero attached hydrogens (tertiary/aromatic N) is 5. The molecule has 2 aliphatic rings. The van der Waals surface area contributed by atoms with Crippen LogP contribution in [-0.2, 0) is 20.1 Å². The van der Waals surface area contributed by atoms with Gasteiger partial charge in [0.2, 0.25) is 0 Å². The Kier molecular flexibility index (Phi) is 4.37. The highest BCUT2D eigenvalue weighted by atomic mass is 15.3. The van der Waals surface area contributed by atoms with Gasteiger partial charge in [-0.2, -0.15) is 5.10 Å². The number of pyridine rings is 1. The molecule has 2 saturated heterocycles. The highest BCUT2D eigenvalue weighted by Crippen LogP contribution is 2.39. The van der Waals surface area contributed by atoms with Gasteiger partial charge >= 0.3 is 0 Å². The van der Waals surface area contributed by atoms with Gasteiger partial charge in [-0.15, -0.1) is 0 Å². The number of hydrogen-bond donors (Lipinski definition) is 0. The SMILES string of the molecule is Cn1ccc(CN2CCC3(CCCN3Cc3cccnc3)CC2)n1. The molecule has 0 aromatic carbocycles. The topological polar surface area (TPSA) is 37.2 Å². The van der Waals surface area contributed by atoms with E-state index in [1.54, 1.807) is 0 Å². The van der Waals surface area contributed by atoms with Gasteiger partial charge in [-0.3, -0.25) is 19.5 Å². The predicted molar refractivity (Wildman–Crippen MR) is 94.3 cm³/mol. The van der Waals surface area contributed by atoms with Gasteiger partial charge in [0.25, 0.3) is 0 Å².